The summed E-state index contributed by atoms with van der Waals surface area (Å²) in [6.07, 6.45) is 0. The van der Waals surface area contributed by atoms with Crippen LogP contribution in [-0.2, 0) is 9.84 Å². The SMILES string of the molecule is Cc1cccc(S(=O)(=O)c2[c]cccc2)c1. The van der Waals surface area contributed by atoms with Gasteiger partial charge in [0.1, 0.15) is 0 Å². The molecule has 2 aromatic carbocycles. The molecule has 2 aromatic rings. The van der Waals surface area contributed by atoms with Crippen molar-refractivity contribution in [2.75, 3.05) is 0 Å². The highest BCUT2D eigenvalue weighted by Crippen LogP contribution is 2.20. The van der Waals surface area contributed by atoms with Crippen LogP contribution in [0.2, 0.25) is 0 Å². The van der Waals surface area contributed by atoms with Crippen molar-refractivity contribution in [2.45, 2.75) is 16.7 Å². The van der Waals surface area contributed by atoms with Crippen molar-refractivity contribution in [3.8, 4) is 0 Å². The van der Waals surface area contributed by atoms with Gasteiger partial charge in [0.15, 0.2) is 0 Å². The van der Waals surface area contributed by atoms with Gasteiger partial charge in [0.05, 0.1) is 9.79 Å². The zero-order valence-electron chi connectivity index (χ0n) is 8.84. The molecule has 0 amide bonds. The van der Waals surface area contributed by atoms with Crippen molar-refractivity contribution in [1.82, 2.24) is 0 Å². The molecule has 0 aromatic heterocycles. The summed E-state index contributed by atoms with van der Waals surface area (Å²) in [5.74, 6) is 0. The van der Waals surface area contributed by atoms with Crippen LogP contribution in [0.25, 0.3) is 0 Å². The van der Waals surface area contributed by atoms with E-state index in [1.54, 1.807) is 42.5 Å². The predicted molar refractivity (Wildman–Crippen MR) is 61.9 cm³/mol. The lowest BCUT2D eigenvalue weighted by Gasteiger charge is -2.04. The molecule has 1 radical (unpaired) electrons. The van der Waals surface area contributed by atoms with Crippen LogP contribution in [0.4, 0.5) is 0 Å². The first kappa shape index (κ1) is 10.9. The number of rotatable bonds is 2. The van der Waals surface area contributed by atoms with Gasteiger partial charge >= 0.3 is 0 Å². The van der Waals surface area contributed by atoms with Gasteiger partial charge in [-0.1, -0.05) is 30.3 Å². The van der Waals surface area contributed by atoms with Gasteiger partial charge in [-0.05, 0) is 30.7 Å². The molecule has 0 fully saturated rings. The number of aryl methyl sites for hydroxylation is 1. The predicted octanol–water partition coefficient (Wildman–Crippen LogP) is 2.63. The van der Waals surface area contributed by atoms with Gasteiger partial charge in [0.2, 0.25) is 9.84 Å². The lowest BCUT2D eigenvalue weighted by Crippen LogP contribution is -2.01. The molecule has 0 aliphatic carbocycles. The first-order valence-electron chi connectivity index (χ1n) is 4.89. The third-order valence-corrected chi connectivity index (χ3v) is 3.98. The van der Waals surface area contributed by atoms with Crippen LogP contribution < -0.4 is 0 Å². The van der Waals surface area contributed by atoms with E-state index in [1.807, 2.05) is 13.0 Å². The fourth-order valence-corrected chi connectivity index (χ4v) is 2.79. The third kappa shape index (κ3) is 1.99. The molecule has 0 atom stereocenters. The van der Waals surface area contributed by atoms with Crippen LogP contribution in [-0.4, -0.2) is 8.42 Å². The normalized spacial score (nSPS) is 11.3. The van der Waals surface area contributed by atoms with Crippen molar-refractivity contribution in [2.24, 2.45) is 0 Å². The summed E-state index contributed by atoms with van der Waals surface area (Å²) < 4.78 is 24.3. The van der Waals surface area contributed by atoms with E-state index in [4.69, 9.17) is 0 Å². The average molecular weight is 231 g/mol. The standard InChI is InChI=1S/C13H11O2S/c1-11-6-5-9-13(10-11)16(14,15)12-7-3-2-4-8-12/h2-7,9-10H,1H3. The highest BCUT2D eigenvalue weighted by atomic mass is 32.2. The molecular weight excluding hydrogens is 220 g/mol. The summed E-state index contributed by atoms with van der Waals surface area (Å²) in [7, 11) is -3.42. The molecule has 2 rings (SSSR count). The zero-order chi connectivity index (χ0) is 11.6. The molecular formula is C13H11O2S. The fraction of sp³-hybridized carbons (Fsp3) is 0.0769. The highest BCUT2D eigenvalue weighted by Gasteiger charge is 2.16. The third-order valence-electron chi connectivity index (χ3n) is 2.27. The monoisotopic (exact) mass is 231 g/mol. The van der Waals surface area contributed by atoms with Gasteiger partial charge in [0, 0.05) is 6.07 Å². The Kier molecular flexibility index (Phi) is 2.79. The summed E-state index contributed by atoms with van der Waals surface area (Å²) in [6.45, 7) is 1.87. The second-order valence-corrected chi connectivity index (χ2v) is 5.46. The minimum Gasteiger partial charge on any atom is -0.218 e. The summed E-state index contributed by atoms with van der Waals surface area (Å²) in [5.41, 5.74) is 0.928. The Morgan fingerprint density at radius 2 is 1.88 bits per heavy atom. The van der Waals surface area contributed by atoms with E-state index >= 15 is 0 Å². The lowest BCUT2D eigenvalue weighted by atomic mass is 10.2. The van der Waals surface area contributed by atoms with E-state index < -0.39 is 9.84 Å². The molecule has 3 heteroatoms. The van der Waals surface area contributed by atoms with Crippen LogP contribution in [0.3, 0.4) is 0 Å². The molecule has 0 heterocycles. The summed E-state index contributed by atoms with van der Waals surface area (Å²) in [4.78, 5) is 0.524. The molecule has 0 unspecified atom stereocenters. The van der Waals surface area contributed by atoms with Crippen LogP contribution in [0.1, 0.15) is 5.56 Å². The van der Waals surface area contributed by atoms with Gasteiger partial charge in [-0.2, -0.15) is 0 Å². The summed E-state index contributed by atoms with van der Waals surface area (Å²) in [5, 5.41) is 0. The molecule has 0 N–H and O–H groups in total. The number of sulfone groups is 1. The van der Waals surface area contributed by atoms with E-state index in [1.165, 1.54) is 0 Å². The largest absolute Gasteiger partial charge is 0.218 e. The van der Waals surface area contributed by atoms with Crippen molar-refractivity contribution < 1.29 is 8.42 Å². The summed E-state index contributed by atoms with van der Waals surface area (Å²) >= 11 is 0. The van der Waals surface area contributed by atoms with Crippen LogP contribution in [0, 0.1) is 13.0 Å². The first-order chi connectivity index (χ1) is 7.60. The van der Waals surface area contributed by atoms with E-state index in [9.17, 15) is 8.42 Å². The van der Waals surface area contributed by atoms with Gasteiger partial charge in [-0.25, -0.2) is 8.42 Å². The molecule has 16 heavy (non-hydrogen) atoms. The van der Waals surface area contributed by atoms with Gasteiger partial charge in [0.25, 0.3) is 0 Å². The Morgan fingerprint density at radius 1 is 1.06 bits per heavy atom. The molecule has 0 spiro atoms. The van der Waals surface area contributed by atoms with Crippen LogP contribution in [0.15, 0.2) is 58.3 Å². The molecule has 0 aliphatic heterocycles. The Bertz CT molecular complexity index is 586. The molecule has 0 bridgehead atoms. The highest BCUT2D eigenvalue weighted by molar-refractivity contribution is 7.91. The minimum atomic E-state index is -3.42. The van der Waals surface area contributed by atoms with Crippen molar-refractivity contribution in [3.05, 3.63) is 60.2 Å². The van der Waals surface area contributed by atoms with E-state index in [2.05, 4.69) is 6.07 Å². The van der Waals surface area contributed by atoms with E-state index in [-0.39, 0.29) is 4.90 Å². The maximum absolute atomic E-state index is 12.2. The number of hydrogen-bond donors (Lipinski definition) is 0. The van der Waals surface area contributed by atoms with Crippen molar-refractivity contribution in [1.29, 1.82) is 0 Å². The van der Waals surface area contributed by atoms with Gasteiger partial charge in [-0.3, -0.25) is 0 Å². The lowest BCUT2D eigenvalue weighted by molar-refractivity contribution is 0.596. The maximum Gasteiger partial charge on any atom is 0.207 e. The topological polar surface area (TPSA) is 34.1 Å². The minimum absolute atomic E-state index is 0.209. The Balaban J connectivity index is 2.56. The van der Waals surface area contributed by atoms with E-state index in [0.717, 1.165) is 5.56 Å². The quantitative estimate of drug-likeness (QED) is 0.796. The Hall–Kier alpha value is -1.61. The van der Waals surface area contributed by atoms with Crippen LogP contribution in [0.5, 0.6) is 0 Å². The van der Waals surface area contributed by atoms with Crippen molar-refractivity contribution >= 4 is 9.84 Å². The second-order valence-electron chi connectivity index (χ2n) is 3.55. The van der Waals surface area contributed by atoms with Crippen LogP contribution >= 0.6 is 0 Å². The second kappa shape index (κ2) is 4.10. The molecule has 2 nitrogen and oxygen atoms in total. The van der Waals surface area contributed by atoms with Crippen molar-refractivity contribution in [3.63, 3.8) is 0 Å². The summed E-state index contributed by atoms with van der Waals surface area (Å²) in [6, 6.07) is 16.2. The zero-order valence-corrected chi connectivity index (χ0v) is 9.66. The average Bonchev–Trinajstić information content (AvgIpc) is 2.30. The first-order valence-corrected chi connectivity index (χ1v) is 6.37. The number of benzene rings is 2. The molecule has 0 aliphatic rings. The van der Waals surface area contributed by atoms with Gasteiger partial charge < -0.3 is 0 Å². The fourth-order valence-electron chi connectivity index (χ4n) is 1.45. The molecule has 0 saturated carbocycles. The van der Waals surface area contributed by atoms with E-state index in [0.29, 0.717) is 4.90 Å². The molecule has 0 saturated heterocycles. The Labute approximate surface area is 95.5 Å². The number of hydrogen-bond acceptors (Lipinski definition) is 2. The molecule has 81 valence electrons. The maximum atomic E-state index is 12.2. The smallest absolute Gasteiger partial charge is 0.207 e. The van der Waals surface area contributed by atoms with Gasteiger partial charge in [-0.15, -0.1) is 0 Å². The Morgan fingerprint density at radius 3 is 2.50 bits per heavy atom.